The van der Waals surface area contributed by atoms with E-state index in [1.807, 2.05) is 13.8 Å². The minimum Gasteiger partial charge on any atom is -0.378 e. The van der Waals surface area contributed by atoms with Crippen LogP contribution in [0, 0.1) is 5.82 Å². The number of hydrogen-bond acceptors (Lipinski definition) is 4. The lowest BCUT2D eigenvalue weighted by Crippen LogP contribution is -2.57. The standard InChI is InChI=1S/C17H23FN2O4/c1-11(2)24-9-13-8-12(4-5-14(13)18)15(21)20-7-3-6-17(23,10-20)16(19)22/h4-5,8,11,23H,3,6-7,9-10H2,1-2H3,(H2,19,22). The first kappa shape index (κ1) is 18.4. The lowest BCUT2D eigenvalue weighted by Gasteiger charge is -2.37. The molecule has 1 heterocycles. The van der Waals surface area contributed by atoms with Crippen molar-refractivity contribution in [2.45, 2.75) is 45.0 Å². The highest BCUT2D eigenvalue weighted by Gasteiger charge is 2.40. The van der Waals surface area contributed by atoms with Crippen LogP contribution in [0.1, 0.15) is 42.6 Å². The maximum Gasteiger partial charge on any atom is 0.253 e. The first-order chi connectivity index (χ1) is 11.2. The fraction of sp³-hybridized carbons (Fsp3) is 0.529. The normalized spacial score (nSPS) is 21.1. The zero-order chi connectivity index (χ0) is 17.9. The third-order valence-electron chi connectivity index (χ3n) is 4.08. The van der Waals surface area contributed by atoms with Gasteiger partial charge in [0.2, 0.25) is 0 Å². The number of primary amides is 1. The van der Waals surface area contributed by atoms with Crippen molar-refractivity contribution < 1.29 is 23.8 Å². The summed E-state index contributed by atoms with van der Waals surface area (Å²) < 4.78 is 19.2. The molecule has 1 unspecified atom stereocenters. The van der Waals surface area contributed by atoms with Crippen LogP contribution >= 0.6 is 0 Å². The lowest BCUT2D eigenvalue weighted by atomic mass is 9.91. The van der Waals surface area contributed by atoms with Crippen molar-refractivity contribution in [1.29, 1.82) is 0 Å². The number of hydrogen-bond donors (Lipinski definition) is 2. The smallest absolute Gasteiger partial charge is 0.253 e. The summed E-state index contributed by atoms with van der Waals surface area (Å²) in [4.78, 5) is 25.4. The zero-order valence-electron chi connectivity index (χ0n) is 13.9. The van der Waals surface area contributed by atoms with Crippen LogP contribution < -0.4 is 5.73 Å². The summed E-state index contributed by atoms with van der Waals surface area (Å²) in [6.07, 6.45) is 0.634. The van der Waals surface area contributed by atoms with Crippen molar-refractivity contribution >= 4 is 11.8 Å². The van der Waals surface area contributed by atoms with E-state index in [-0.39, 0.29) is 42.7 Å². The first-order valence-electron chi connectivity index (χ1n) is 7.94. The highest BCUT2D eigenvalue weighted by Crippen LogP contribution is 2.23. The van der Waals surface area contributed by atoms with Gasteiger partial charge < -0.3 is 20.5 Å². The predicted molar refractivity (Wildman–Crippen MR) is 85.6 cm³/mol. The van der Waals surface area contributed by atoms with E-state index >= 15 is 0 Å². The topological polar surface area (TPSA) is 92.9 Å². The van der Waals surface area contributed by atoms with Gasteiger partial charge in [-0.2, -0.15) is 0 Å². The number of halogens is 1. The van der Waals surface area contributed by atoms with Gasteiger partial charge >= 0.3 is 0 Å². The lowest BCUT2D eigenvalue weighted by molar-refractivity contribution is -0.140. The van der Waals surface area contributed by atoms with Gasteiger partial charge in [0.05, 0.1) is 19.3 Å². The molecule has 1 fully saturated rings. The molecule has 6 nitrogen and oxygen atoms in total. The second kappa shape index (κ2) is 7.27. The van der Waals surface area contributed by atoms with Gasteiger partial charge in [0.15, 0.2) is 5.60 Å². The number of benzene rings is 1. The van der Waals surface area contributed by atoms with Gasteiger partial charge in [0, 0.05) is 17.7 Å². The van der Waals surface area contributed by atoms with Crippen LogP contribution in [0.3, 0.4) is 0 Å². The van der Waals surface area contributed by atoms with Crippen LogP contribution in [0.25, 0.3) is 0 Å². The molecule has 0 bridgehead atoms. The molecule has 24 heavy (non-hydrogen) atoms. The number of nitrogens with two attached hydrogens (primary N) is 1. The molecule has 1 saturated heterocycles. The quantitative estimate of drug-likeness (QED) is 0.844. The number of rotatable bonds is 5. The van der Waals surface area contributed by atoms with E-state index in [2.05, 4.69) is 0 Å². The molecular weight excluding hydrogens is 315 g/mol. The number of amides is 2. The van der Waals surface area contributed by atoms with Crippen molar-refractivity contribution in [1.82, 2.24) is 4.90 Å². The van der Waals surface area contributed by atoms with E-state index in [9.17, 15) is 19.1 Å². The van der Waals surface area contributed by atoms with Gasteiger partial charge in [0.1, 0.15) is 5.82 Å². The molecule has 3 N–H and O–H groups in total. The minimum absolute atomic E-state index is 0.0589. The summed E-state index contributed by atoms with van der Waals surface area (Å²) >= 11 is 0. The molecule has 0 radical (unpaired) electrons. The fourth-order valence-corrected chi connectivity index (χ4v) is 2.67. The first-order valence-corrected chi connectivity index (χ1v) is 7.94. The van der Waals surface area contributed by atoms with E-state index in [4.69, 9.17) is 10.5 Å². The van der Waals surface area contributed by atoms with Gasteiger partial charge in [-0.05, 0) is 44.9 Å². The molecule has 1 atom stereocenters. The summed E-state index contributed by atoms with van der Waals surface area (Å²) in [6.45, 7) is 3.99. The molecule has 0 spiro atoms. The Bertz CT molecular complexity index is 635. The molecule has 1 aromatic carbocycles. The second-order valence-corrected chi connectivity index (χ2v) is 6.39. The molecule has 1 aliphatic rings. The second-order valence-electron chi connectivity index (χ2n) is 6.39. The summed E-state index contributed by atoms with van der Waals surface area (Å²) in [5.74, 6) is -1.66. The number of carbonyl (C=O) groups excluding carboxylic acids is 2. The van der Waals surface area contributed by atoms with Gasteiger partial charge in [-0.15, -0.1) is 0 Å². The number of ether oxygens (including phenoxy) is 1. The molecule has 2 amide bonds. The average Bonchev–Trinajstić information content (AvgIpc) is 2.53. The van der Waals surface area contributed by atoms with E-state index in [0.29, 0.717) is 13.0 Å². The molecule has 7 heteroatoms. The molecule has 0 aliphatic carbocycles. The SMILES string of the molecule is CC(C)OCc1cc(C(=O)N2CCCC(O)(C(N)=O)C2)ccc1F. The van der Waals surface area contributed by atoms with Crippen LogP contribution in [0.5, 0.6) is 0 Å². The molecule has 132 valence electrons. The Morgan fingerprint density at radius 1 is 1.46 bits per heavy atom. The van der Waals surface area contributed by atoms with E-state index in [1.165, 1.54) is 23.1 Å². The van der Waals surface area contributed by atoms with Gasteiger partial charge in [0.25, 0.3) is 11.8 Å². The Balaban J connectivity index is 2.17. The van der Waals surface area contributed by atoms with E-state index in [1.54, 1.807) is 0 Å². The summed E-state index contributed by atoms with van der Waals surface area (Å²) in [7, 11) is 0. The molecule has 0 saturated carbocycles. The molecule has 0 aromatic heterocycles. The number of nitrogens with zero attached hydrogens (tertiary/aromatic N) is 1. The number of piperidine rings is 1. The third-order valence-corrected chi connectivity index (χ3v) is 4.08. The van der Waals surface area contributed by atoms with Crippen molar-refractivity contribution in [2.75, 3.05) is 13.1 Å². The van der Waals surface area contributed by atoms with E-state index < -0.39 is 17.3 Å². The Morgan fingerprint density at radius 2 is 2.17 bits per heavy atom. The molecular formula is C17H23FN2O4. The maximum atomic E-state index is 13.8. The van der Waals surface area contributed by atoms with Crippen LogP contribution in [0.4, 0.5) is 4.39 Å². The highest BCUT2D eigenvalue weighted by molar-refractivity contribution is 5.95. The van der Waals surface area contributed by atoms with Crippen molar-refractivity contribution in [3.8, 4) is 0 Å². The van der Waals surface area contributed by atoms with Crippen molar-refractivity contribution in [2.24, 2.45) is 5.73 Å². The maximum absolute atomic E-state index is 13.8. The Labute approximate surface area is 140 Å². The Kier molecular flexibility index (Phi) is 5.56. The summed E-state index contributed by atoms with van der Waals surface area (Å²) in [5.41, 5.74) is 4.08. The van der Waals surface area contributed by atoms with Crippen LogP contribution in [-0.2, 0) is 16.1 Å². The van der Waals surface area contributed by atoms with Crippen LogP contribution in [-0.4, -0.2) is 46.6 Å². The minimum atomic E-state index is -1.71. The zero-order valence-corrected chi connectivity index (χ0v) is 13.9. The Morgan fingerprint density at radius 3 is 2.79 bits per heavy atom. The average molecular weight is 338 g/mol. The molecule has 2 rings (SSSR count). The number of carbonyl (C=O) groups is 2. The molecule has 1 aromatic rings. The van der Waals surface area contributed by atoms with Gasteiger partial charge in [-0.25, -0.2) is 4.39 Å². The van der Waals surface area contributed by atoms with Crippen LogP contribution in [0.2, 0.25) is 0 Å². The largest absolute Gasteiger partial charge is 0.378 e. The fourth-order valence-electron chi connectivity index (χ4n) is 2.67. The molecule has 1 aliphatic heterocycles. The monoisotopic (exact) mass is 338 g/mol. The van der Waals surface area contributed by atoms with Gasteiger partial charge in [-0.1, -0.05) is 0 Å². The Hall–Kier alpha value is -1.99. The highest BCUT2D eigenvalue weighted by atomic mass is 19.1. The number of aliphatic hydroxyl groups is 1. The van der Waals surface area contributed by atoms with Gasteiger partial charge in [-0.3, -0.25) is 9.59 Å². The van der Waals surface area contributed by atoms with Crippen LogP contribution in [0.15, 0.2) is 18.2 Å². The third kappa shape index (κ3) is 4.10. The number of likely N-dealkylation sites (tertiary alicyclic amines) is 1. The predicted octanol–water partition coefficient (Wildman–Crippen LogP) is 1.20. The van der Waals surface area contributed by atoms with Crippen molar-refractivity contribution in [3.63, 3.8) is 0 Å². The van der Waals surface area contributed by atoms with Crippen molar-refractivity contribution in [3.05, 3.63) is 35.1 Å². The van der Waals surface area contributed by atoms with E-state index in [0.717, 1.165) is 0 Å². The number of β-amino-alcohol motifs (C(OH)–C–C–N with tert-alkyl or cyclic N) is 1. The summed E-state index contributed by atoms with van der Waals surface area (Å²) in [5, 5.41) is 10.2. The summed E-state index contributed by atoms with van der Waals surface area (Å²) in [6, 6.07) is 4.04.